The Labute approximate surface area is 143 Å². The third-order valence-electron chi connectivity index (χ3n) is 4.12. The predicted molar refractivity (Wildman–Crippen MR) is 92.9 cm³/mol. The molecule has 1 atom stereocenters. The van der Waals surface area contributed by atoms with Gasteiger partial charge < -0.3 is 19.8 Å². The van der Waals surface area contributed by atoms with E-state index in [1.54, 1.807) is 18.2 Å². The van der Waals surface area contributed by atoms with Crippen molar-refractivity contribution in [3.63, 3.8) is 0 Å². The molecule has 2 amide bonds. The number of nitrogens with one attached hydrogen (secondary N) is 3. The van der Waals surface area contributed by atoms with Crippen molar-refractivity contribution in [1.82, 2.24) is 10.3 Å². The first kappa shape index (κ1) is 15.3. The number of aromatic nitrogens is 1. The molecule has 2 heterocycles. The van der Waals surface area contributed by atoms with Crippen molar-refractivity contribution >= 4 is 22.8 Å². The van der Waals surface area contributed by atoms with Gasteiger partial charge in [-0.05, 0) is 36.8 Å². The topological polar surface area (TPSA) is 96.4 Å². The van der Waals surface area contributed by atoms with Crippen molar-refractivity contribution in [3.8, 4) is 5.75 Å². The minimum atomic E-state index is -0.513. The minimum Gasteiger partial charge on any atom is -0.490 e. The lowest BCUT2D eigenvalue weighted by atomic mass is 10.1. The molecular weight excluding hydrogens is 322 g/mol. The van der Waals surface area contributed by atoms with Crippen LogP contribution in [0.5, 0.6) is 5.75 Å². The van der Waals surface area contributed by atoms with E-state index in [2.05, 4.69) is 15.6 Å². The van der Waals surface area contributed by atoms with Gasteiger partial charge in [0, 0.05) is 24.2 Å². The highest BCUT2D eigenvalue weighted by molar-refractivity contribution is 5.89. The summed E-state index contributed by atoms with van der Waals surface area (Å²) in [5.41, 5.74) is 3.58. The zero-order chi connectivity index (χ0) is 17.4. The number of H-pyrrole nitrogens is 1. The van der Waals surface area contributed by atoms with Crippen LogP contribution >= 0.6 is 0 Å². The zero-order valence-corrected chi connectivity index (χ0v) is 13.6. The maximum absolute atomic E-state index is 12.1. The van der Waals surface area contributed by atoms with Gasteiger partial charge in [0.05, 0.1) is 5.52 Å². The minimum absolute atomic E-state index is 0.163. The van der Waals surface area contributed by atoms with E-state index in [0.29, 0.717) is 16.8 Å². The molecule has 1 aromatic heterocycles. The van der Waals surface area contributed by atoms with Crippen LogP contribution in [0.4, 0.5) is 10.5 Å². The number of urea groups is 1. The van der Waals surface area contributed by atoms with Gasteiger partial charge in [-0.3, -0.25) is 4.98 Å². The number of amides is 2. The quantitative estimate of drug-likeness (QED) is 0.683. The molecule has 0 spiro atoms. The number of fused-ring (bicyclic) bond motifs is 2. The van der Waals surface area contributed by atoms with Crippen LogP contribution in [-0.2, 0) is 13.0 Å². The number of aromatic amines is 1. The molecule has 0 saturated carbocycles. The molecule has 7 nitrogen and oxygen atoms in total. The standard InChI is InChI=1S/C18H17N3O4/c1-10-7-12-8-13(5-6-15(12)24-10)20-17(22)19-9-11-3-2-4-14-16(11)25-18(23)21-14/h2-6,8,10H,7,9H2,1H3,(H,21,23)(H2,19,20,22). The first-order valence-corrected chi connectivity index (χ1v) is 8.03. The van der Waals surface area contributed by atoms with Crippen molar-refractivity contribution in [2.24, 2.45) is 0 Å². The summed E-state index contributed by atoms with van der Waals surface area (Å²) in [6, 6.07) is 10.6. The summed E-state index contributed by atoms with van der Waals surface area (Å²) < 4.78 is 10.8. The van der Waals surface area contributed by atoms with Crippen LogP contribution in [0.1, 0.15) is 18.1 Å². The van der Waals surface area contributed by atoms with Crippen LogP contribution in [0.2, 0.25) is 0 Å². The van der Waals surface area contributed by atoms with E-state index >= 15 is 0 Å². The second kappa shape index (κ2) is 6.01. The molecule has 25 heavy (non-hydrogen) atoms. The fourth-order valence-electron chi connectivity index (χ4n) is 3.02. The number of anilines is 1. The Kier molecular flexibility index (Phi) is 3.68. The lowest BCUT2D eigenvalue weighted by Gasteiger charge is -2.09. The number of ether oxygens (including phenoxy) is 1. The molecule has 3 aromatic rings. The van der Waals surface area contributed by atoms with Crippen molar-refractivity contribution < 1.29 is 13.9 Å². The smallest absolute Gasteiger partial charge is 0.417 e. The van der Waals surface area contributed by atoms with Gasteiger partial charge in [-0.25, -0.2) is 9.59 Å². The molecule has 1 unspecified atom stereocenters. The van der Waals surface area contributed by atoms with Crippen molar-refractivity contribution in [1.29, 1.82) is 0 Å². The van der Waals surface area contributed by atoms with Gasteiger partial charge in [-0.2, -0.15) is 0 Å². The molecule has 0 bridgehead atoms. The number of hydrogen-bond donors (Lipinski definition) is 3. The van der Waals surface area contributed by atoms with E-state index in [0.717, 1.165) is 23.3 Å². The molecule has 0 aliphatic carbocycles. The van der Waals surface area contributed by atoms with Gasteiger partial charge in [0.25, 0.3) is 0 Å². The Bertz CT molecular complexity index is 1000. The molecule has 0 saturated heterocycles. The highest BCUT2D eigenvalue weighted by atomic mass is 16.5. The number of para-hydroxylation sites is 1. The average molecular weight is 339 g/mol. The van der Waals surface area contributed by atoms with Gasteiger partial charge >= 0.3 is 11.8 Å². The van der Waals surface area contributed by atoms with Crippen LogP contribution in [-0.4, -0.2) is 17.1 Å². The zero-order valence-electron chi connectivity index (χ0n) is 13.6. The first-order valence-electron chi connectivity index (χ1n) is 8.03. The summed E-state index contributed by atoms with van der Waals surface area (Å²) in [4.78, 5) is 26.0. The second-order valence-corrected chi connectivity index (χ2v) is 6.07. The third-order valence-corrected chi connectivity index (χ3v) is 4.12. The maximum atomic E-state index is 12.1. The highest BCUT2D eigenvalue weighted by Crippen LogP contribution is 2.30. The van der Waals surface area contributed by atoms with Crippen LogP contribution in [0, 0.1) is 0 Å². The van der Waals surface area contributed by atoms with E-state index in [9.17, 15) is 9.59 Å². The van der Waals surface area contributed by atoms with Gasteiger partial charge in [0.15, 0.2) is 5.58 Å². The van der Waals surface area contributed by atoms with E-state index in [4.69, 9.17) is 9.15 Å². The van der Waals surface area contributed by atoms with Gasteiger partial charge in [-0.15, -0.1) is 0 Å². The number of rotatable bonds is 3. The number of benzene rings is 2. The Morgan fingerprint density at radius 2 is 2.20 bits per heavy atom. The fourth-order valence-corrected chi connectivity index (χ4v) is 3.02. The molecule has 0 radical (unpaired) electrons. The third kappa shape index (κ3) is 3.08. The summed E-state index contributed by atoms with van der Waals surface area (Å²) in [5, 5.41) is 5.57. The first-order chi connectivity index (χ1) is 12.1. The lowest BCUT2D eigenvalue weighted by Crippen LogP contribution is -2.28. The monoisotopic (exact) mass is 339 g/mol. The number of carbonyl (C=O) groups excluding carboxylic acids is 1. The predicted octanol–water partition coefficient (Wildman–Crippen LogP) is 2.77. The Hall–Kier alpha value is -3.22. The SMILES string of the molecule is CC1Cc2cc(NC(=O)NCc3cccc4[nH]c(=O)oc34)ccc2O1. The molecule has 128 valence electrons. The Balaban J connectivity index is 1.42. The normalized spacial score (nSPS) is 15.6. The molecule has 1 aliphatic rings. The van der Waals surface area contributed by atoms with E-state index in [1.165, 1.54) is 0 Å². The summed E-state index contributed by atoms with van der Waals surface area (Å²) in [6.45, 7) is 2.26. The molecule has 4 rings (SSSR count). The van der Waals surface area contributed by atoms with Gasteiger partial charge in [0.2, 0.25) is 0 Å². The van der Waals surface area contributed by atoms with E-state index in [1.807, 2.05) is 25.1 Å². The van der Waals surface area contributed by atoms with E-state index < -0.39 is 5.76 Å². The second-order valence-electron chi connectivity index (χ2n) is 6.07. The summed E-state index contributed by atoms with van der Waals surface area (Å²) in [6.07, 6.45) is 0.997. The average Bonchev–Trinajstić information content (AvgIpc) is 3.13. The Morgan fingerprint density at radius 3 is 3.08 bits per heavy atom. The molecule has 2 aromatic carbocycles. The molecule has 3 N–H and O–H groups in total. The largest absolute Gasteiger partial charge is 0.490 e. The number of hydrogen-bond acceptors (Lipinski definition) is 4. The molecule has 7 heteroatoms. The Morgan fingerprint density at radius 1 is 1.32 bits per heavy atom. The van der Waals surface area contributed by atoms with Crippen molar-refractivity contribution in [3.05, 3.63) is 58.1 Å². The fraction of sp³-hybridized carbons (Fsp3) is 0.222. The van der Waals surface area contributed by atoms with E-state index in [-0.39, 0.29) is 18.7 Å². The molecule has 0 fully saturated rings. The van der Waals surface area contributed by atoms with Crippen LogP contribution in [0.25, 0.3) is 11.1 Å². The maximum Gasteiger partial charge on any atom is 0.417 e. The van der Waals surface area contributed by atoms with Gasteiger partial charge in [-0.1, -0.05) is 12.1 Å². The number of carbonyl (C=O) groups is 1. The van der Waals surface area contributed by atoms with Crippen LogP contribution < -0.4 is 21.1 Å². The van der Waals surface area contributed by atoms with Gasteiger partial charge in [0.1, 0.15) is 11.9 Å². The van der Waals surface area contributed by atoms with Crippen molar-refractivity contribution in [2.45, 2.75) is 26.0 Å². The summed E-state index contributed by atoms with van der Waals surface area (Å²) in [7, 11) is 0. The summed E-state index contributed by atoms with van der Waals surface area (Å²) in [5.74, 6) is 0.356. The molecular formula is C18H17N3O4. The number of oxazole rings is 1. The lowest BCUT2D eigenvalue weighted by molar-refractivity contribution is 0.251. The van der Waals surface area contributed by atoms with Crippen LogP contribution in [0.3, 0.4) is 0 Å². The van der Waals surface area contributed by atoms with Crippen molar-refractivity contribution in [2.75, 3.05) is 5.32 Å². The molecule has 1 aliphatic heterocycles. The van der Waals surface area contributed by atoms with Crippen LogP contribution in [0.15, 0.2) is 45.6 Å². The highest BCUT2D eigenvalue weighted by Gasteiger charge is 2.19. The summed E-state index contributed by atoms with van der Waals surface area (Å²) >= 11 is 0.